The minimum absolute atomic E-state index is 0.231. The molecule has 0 fully saturated rings. The third kappa shape index (κ3) is 6.77. The van der Waals surface area contributed by atoms with E-state index in [1.54, 1.807) is 57.3 Å². The van der Waals surface area contributed by atoms with Gasteiger partial charge < -0.3 is 21.1 Å². The molecular formula is C24H35N5O3. The van der Waals surface area contributed by atoms with Crippen LogP contribution in [0.5, 0.6) is 0 Å². The number of ether oxygens (including phenoxy) is 1. The summed E-state index contributed by atoms with van der Waals surface area (Å²) in [6.45, 7) is 10.8. The lowest BCUT2D eigenvalue weighted by Gasteiger charge is -2.33. The van der Waals surface area contributed by atoms with Crippen LogP contribution in [0.1, 0.15) is 63.5 Å². The number of para-hydroxylation sites is 2. The Hall–Kier alpha value is -2.97. The van der Waals surface area contributed by atoms with Crippen LogP contribution in [-0.4, -0.2) is 35.7 Å². The van der Waals surface area contributed by atoms with Crippen LogP contribution < -0.4 is 21.7 Å². The Balaban J connectivity index is 2.16. The predicted octanol–water partition coefficient (Wildman–Crippen LogP) is 4.24. The molecule has 0 bridgehead atoms. The SMILES string of the molecule is CCC(CC)(NCCN)c1ccc(C(=O)Nc2ccccc2NC(=O)OC(C)(C)C)nc1. The molecule has 0 saturated carbocycles. The third-order valence-corrected chi connectivity index (χ3v) is 5.17. The van der Waals surface area contributed by atoms with E-state index in [-0.39, 0.29) is 17.1 Å². The summed E-state index contributed by atoms with van der Waals surface area (Å²) < 4.78 is 5.29. The Morgan fingerprint density at radius 2 is 1.62 bits per heavy atom. The predicted molar refractivity (Wildman–Crippen MR) is 128 cm³/mol. The highest BCUT2D eigenvalue weighted by Crippen LogP contribution is 2.28. The van der Waals surface area contributed by atoms with Gasteiger partial charge in [0.15, 0.2) is 0 Å². The number of hydrogen-bond donors (Lipinski definition) is 4. The summed E-state index contributed by atoms with van der Waals surface area (Å²) in [5.41, 5.74) is 7.00. The fourth-order valence-electron chi connectivity index (χ4n) is 3.43. The van der Waals surface area contributed by atoms with Crippen LogP contribution in [-0.2, 0) is 10.3 Å². The van der Waals surface area contributed by atoms with Gasteiger partial charge in [-0.1, -0.05) is 32.0 Å². The van der Waals surface area contributed by atoms with Crippen molar-refractivity contribution in [1.29, 1.82) is 0 Å². The standard InChI is InChI=1S/C24H35N5O3/c1-6-24(7-2,27-15-14-25)17-12-13-20(26-16-17)21(30)28-18-10-8-9-11-19(18)29-22(31)32-23(3,4)5/h8-13,16,27H,6-7,14-15,25H2,1-5H3,(H,28,30)(H,29,31). The zero-order chi connectivity index (χ0) is 23.8. The molecule has 0 saturated heterocycles. The van der Waals surface area contributed by atoms with E-state index >= 15 is 0 Å². The summed E-state index contributed by atoms with van der Waals surface area (Å²) in [5.74, 6) is -0.372. The van der Waals surface area contributed by atoms with Crippen LogP contribution in [0.15, 0.2) is 42.6 Å². The number of carbonyl (C=O) groups is 2. The number of anilines is 2. The van der Waals surface area contributed by atoms with Crippen LogP contribution in [0.2, 0.25) is 0 Å². The third-order valence-electron chi connectivity index (χ3n) is 5.17. The Bertz CT molecular complexity index is 903. The van der Waals surface area contributed by atoms with E-state index in [2.05, 4.69) is 34.8 Å². The first-order valence-electron chi connectivity index (χ1n) is 11.0. The van der Waals surface area contributed by atoms with Gasteiger partial charge in [0.1, 0.15) is 11.3 Å². The summed E-state index contributed by atoms with van der Waals surface area (Å²) in [7, 11) is 0. The molecule has 8 heteroatoms. The Morgan fingerprint density at radius 3 is 2.12 bits per heavy atom. The van der Waals surface area contributed by atoms with Crippen LogP contribution in [0.4, 0.5) is 16.2 Å². The Morgan fingerprint density at radius 1 is 1.00 bits per heavy atom. The van der Waals surface area contributed by atoms with Crippen molar-refractivity contribution < 1.29 is 14.3 Å². The molecule has 1 aromatic carbocycles. The summed E-state index contributed by atoms with van der Waals surface area (Å²) in [6.07, 6.45) is 2.89. The molecule has 1 heterocycles. The second-order valence-corrected chi connectivity index (χ2v) is 8.56. The van der Waals surface area contributed by atoms with E-state index in [0.29, 0.717) is 24.5 Å². The molecule has 0 radical (unpaired) electrons. The highest BCUT2D eigenvalue weighted by molar-refractivity contribution is 6.05. The van der Waals surface area contributed by atoms with Gasteiger partial charge in [-0.2, -0.15) is 0 Å². The number of carbonyl (C=O) groups excluding carboxylic acids is 2. The molecule has 5 N–H and O–H groups in total. The number of nitrogens with two attached hydrogens (primary N) is 1. The highest BCUT2D eigenvalue weighted by atomic mass is 16.6. The van der Waals surface area contributed by atoms with E-state index in [1.807, 2.05) is 6.07 Å². The molecule has 0 aliphatic carbocycles. The minimum Gasteiger partial charge on any atom is -0.444 e. The molecule has 0 atom stereocenters. The second kappa shape index (κ2) is 11.1. The van der Waals surface area contributed by atoms with Gasteiger partial charge in [0.05, 0.1) is 11.4 Å². The molecule has 2 rings (SSSR count). The molecule has 1 aromatic heterocycles. The first kappa shape index (κ1) is 25.3. The average Bonchev–Trinajstić information content (AvgIpc) is 2.75. The molecular weight excluding hydrogens is 406 g/mol. The van der Waals surface area contributed by atoms with Crippen LogP contribution in [0, 0.1) is 0 Å². The number of benzene rings is 1. The second-order valence-electron chi connectivity index (χ2n) is 8.56. The quantitative estimate of drug-likeness (QED) is 0.462. The molecule has 174 valence electrons. The van der Waals surface area contributed by atoms with E-state index in [9.17, 15) is 9.59 Å². The van der Waals surface area contributed by atoms with Crippen molar-refractivity contribution in [2.24, 2.45) is 5.73 Å². The fraction of sp³-hybridized carbons (Fsp3) is 0.458. The lowest BCUT2D eigenvalue weighted by Crippen LogP contribution is -2.43. The van der Waals surface area contributed by atoms with Gasteiger partial charge in [0.25, 0.3) is 5.91 Å². The molecule has 0 spiro atoms. The van der Waals surface area contributed by atoms with Crippen molar-refractivity contribution in [3.8, 4) is 0 Å². The van der Waals surface area contributed by atoms with Gasteiger partial charge in [0.2, 0.25) is 0 Å². The average molecular weight is 442 g/mol. The highest BCUT2D eigenvalue weighted by Gasteiger charge is 2.28. The van der Waals surface area contributed by atoms with Crippen molar-refractivity contribution in [2.45, 2.75) is 58.6 Å². The van der Waals surface area contributed by atoms with Gasteiger partial charge in [-0.05, 0) is 57.4 Å². The van der Waals surface area contributed by atoms with Crippen LogP contribution in [0.3, 0.4) is 0 Å². The smallest absolute Gasteiger partial charge is 0.412 e. The van der Waals surface area contributed by atoms with Crippen LogP contribution in [0.25, 0.3) is 0 Å². The number of hydrogen-bond acceptors (Lipinski definition) is 6. The van der Waals surface area contributed by atoms with Crippen molar-refractivity contribution in [2.75, 3.05) is 23.7 Å². The van der Waals surface area contributed by atoms with Gasteiger partial charge >= 0.3 is 6.09 Å². The van der Waals surface area contributed by atoms with Crippen molar-refractivity contribution >= 4 is 23.4 Å². The molecule has 0 aliphatic rings. The lowest BCUT2D eigenvalue weighted by atomic mass is 9.85. The van der Waals surface area contributed by atoms with Gasteiger partial charge in [0, 0.05) is 24.8 Å². The largest absolute Gasteiger partial charge is 0.444 e. The van der Waals surface area contributed by atoms with E-state index in [4.69, 9.17) is 10.5 Å². The van der Waals surface area contributed by atoms with E-state index < -0.39 is 11.7 Å². The van der Waals surface area contributed by atoms with Crippen molar-refractivity contribution in [3.63, 3.8) is 0 Å². The lowest BCUT2D eigenvalue weighted by molar-refractivity contribution is 0.0635. The maximum Gasteiger partial charge on any atom is 0.412 e. The van der Waals surface area contributed by atoms with Crippen LogP contribution >= 0.6 is 0 Å². The topological polar surface area (TPSA) is 118 Å². The number of rotatable bonds is 9. The van der Waals surface area contributed by atoms with Crippen molar-refractivity contribution in [3.05, 3.63) is 53.9 Å². The summed E-state index contributed by atoms with van der Waals surface area (Å²) >= 11 is 0. The Kier molecular flexibility index (Phi) is 8.74. The normalized spacial score (nSPS) is 11.7. The number of pyridine rings is 1. The van der Waals surface area contributed by atoms with E-state index in [0.717, 1.165) is 18.4 Å². The summed E-state index contributed by atoms with van der Waals surface area (Å²) in [4.78, 5) is 29.3. The zero-order valence-corrected chi connectivity index (χ0v) is 19.6. The number of amides is 2. The minimum atomic E-state index is -0.626. The molecule has 2 amide bonds. The number of nitrogens with one attached hydrogen (secondary N) is 3. The van der Waals surface area contributed by atoms with E-state index in [1.165, 1.54) is 0 Å². The molecule has 32 heavy (non-hydrogen) atoms. The monoisotopic (exact) mass is 441 g/mol. The zero-order valence-electron chi connectivity index (χ0n) is 19.6. The van der Waals surface area contributed by atoms with Gasteiger partial charge in [-0.15, -0.1) is 0 Å². The first-order chi connectivity index (χ1) is 15.1. The van der Waals surface area contributed by atoms with Gasteiger partial charge in [-0.3, -0.25) is 15.1 Å². The maximum absolute atomic E-state index is 12.8. The first-order valence-corrected chi connectivity index (χ1v) is 11.0. The molecule has 0 unspecified atom stereocenters. The van der Waals surface area contributed by atoms with Crippen molar-refractivity contribution in [1.82, 2.24) is 10.3 Å². The molecule has 8 nitrogen and oxygen atoms in total. The summed E-state index contributed by atoms with van der Waals surface area (Å²) in [5, 5.41) is 9.00. The number of nitrogens with zero attached hydrogens (tertiary/aromatic N) is 1. The van der Waals surface area contributed by atoms with Gasteiger partial charge in [-0.25, -0.2) is 4.79 Å². The Labute approximate surface area is 190 Å². The molecule has 2 aromatic rings. The molecule has 0 aliphatic heterocycles. The fourth-order valence-corrected chi connectivity index (χ4v) is 3.43. The maximum atomic E-state index is 12.8. The number of aromatic nitrogens is 1. The summed E-state index contributed by atoms with van der Waals surface area (Å²) in [6, 6.07) is 10.6.